The second-order valence-corrected chi connectivity index (χ2v) is 4.71. The number of carbonyl (C=O) groups excluding carboxylic acids is 1. The fourth-order valence-electron chi connectivity index (χ4n) is 1.73. The maximum absolute atomic E-state index is 12.7. The molecule has 0 aliphatic carbocycles. The molecule has 0 aliphatic heterocycles. The van der Waals surface area contributed by atoms with Crippen molar-refractivity contribution in [3.63, 3.8) is 0 Å². The fraction of sp³-hybridized carbons (Fsp3) is 0.133. The van der Waals surface area contributed by atoms with Crippen LogP contribution in [0.3, 0.4) is 0 Å². The predicted octanol–water partition coefficient (Wildman–Crippen LogP) is 3.77. The molecule has 1 heterocycles. The maximum Gasteiger partial charge on any atom is 0.451 e. The van der Waals surface area contributed by atoms with E-state index >= 15 is 0 Å². The fourth-order valence-corrected chi connectivity index (χ4v) is 1.73. The van der Waals surface area contributed by atoms with Gasteiger partial charge in [-0.15, -0.1) is 24.8 Å². The lowest BCUT2D eigenvalue weighted by Crippen LogP contribution is -2.44. The monoisotopic (exact) mass is 426 g/mol. The number of halogens is 5. The van der Waals surface area contributed by atoms with E-state index in [4.69, 9.17) is 20.7 Å². The number of amides is 1. The number of benzene rings is 1. The Hall–Kier alpha value is -2.72. The zero-order valence-corrected chi connectivity index (χ0v) is 15.1. The van der Waals surface area contributed by atoms with Gasteiger partial charge in [-0.05, 0) is 29.8 Å². The number of nitrogens with one attached hydrogen (secondary N) is 1. The Morgan fingerprint density at radius 1 is 1.22 bits per heavy atom. The average Bonchev–Trinajstić information content (AvgIpc) is 2.58. The number of hydrogen-bond donors (Lipinski definition) is 2. The number of ether oxygens (including phenoxy) is 1. The smallest absolute Gasteiger partial charge is 0.442 e. The summed E-state index contributed by atoms with van der Waals surface area (Å²) in [6.45, 7) is -0.455. The van der Waals surface area contributed by atoms with Gasteiger partial charge < -0.3 is 15.3 Å². The van der Waals surface area contributed by atoms with E-state index in [1.807, 2.05) is 0 Å². The molecule has 1 amide bonds. The quantitative estimate of drug-likeness (QED) is 0.440. The van der Waals surface area contributed by atoms with Gasteiger partial charge in [0.05, 0.1) is 11.8 Å². The first kappa shape index (κ1) is 24.3. The highest BCUT2D eigenvalue weighted by Crippen LogP contribution is 2.29. The molecular formula is C15H15Cl2F3N4O3. The molecular weight excluding hydrogens is 412 g/mol. The molecule has 0 bridgehead atoms. The Labute approximate surface area is 164 Å². The number of aromatic nitrogens is 1. The molecule has 0 spiro atoms. The number of guanidine groups is 1. The Morgan fingerprint density at radius 2 is 1.93 bits per heavy atom. The molecule has 3 N–H and O–H groups in total. The molecule has 2 rings (SSSR count). The number of rotatable bonds is 4. The van der Waals surface area contributed by atoms with Gasteiger partial charge in [-0.25, -0.2) is 4.79 Å². The van der Waals surface area contributed by atoms with E-state index in [0.717, 1.165) is 12.1 Å². The normalized spacial score (nSPS) is 10.0. The van der Waals surface area contributed by atoms with Crippen molar-refractivity contribution in [1.82, 2.24) is 10.0 Å². The van der Waals surface area contributed by atoms with E-state index in [-0.39, 0.29) is 36.1 Å². The highest BCUT2D eigenvalue weighted by atomic mass is 35.5. The molecule has 0 fully saturated rings. The summed E-state index contributed by atoms with van der Waals surface area (Å²) in [6.07, 6.45) is -2.92. The van der Waals surface area contributed by atoms with Crippen LogP contribution in [0.4, 0.5) is 18.0 Å². The highest BCUT2D eigenvalue weighted by Gasteiger charge is 2.30. The first-order valence-electron chi connectivity index (χ1n) is 6.82. The minimum absolute atomic E-state index is 0. The molecule has 0 saturated carbocycles. The lowest BCUT2D eigenvalue weighted by molar-refractivity contribution is -0.137. The zero-order chi connectivity index (χ0) is 18.4. The van der Waals surface area contributed by atoms with Gasteiger partial charge in [0.15, 0.2) is 5.75 Å². The van der Waals surface area contributed by atoms with E-state index in [1.54, 1.807) is 0 Å². The molecule has 0 saturated heterocycles. The number of hydroxylamine groups is 2. The predicted molar refractivity (Wildman–Crippen MR) is 94.7 cm³/mol. The van der Waals surface area contributed by atoms with E-state index in [0.29, 0.717) is 5.06 Å². The van der Waals surface area contributed by atoms with Gasteiger partial charge in [-0.2, -0.15) is 13.2 Å². The van der Waals surface area contributed by atoms with Crippen LogP contribution in [0.1, 0.15) is 11.1 Å². The van der Waals surface area contributed by atoms with Crippen LogP contribution < -0.4 is 10.6 Å². The number of alkyl halides is 3. The van der Waals surface area contributed by atoms with Crippen LogP contribution in [-0.2, 0) is 17.5 Å². The van der Waals surface area contributed by atoms with Crippen LogP contribution in [0, 0.1) is 5.41 Å². The summed E-state index contributed by atoms with van der Waals surface area (Å²) >= 11 is 0. The largest absolute Gasteiger partial charge is 0.451 e. The second-order valence-electron chi connectivity index (χ2n) is 4.71. The molecule has 12 heteroatoms. The van der Waals surface area contributed by atoms with Crippen molar-refractivity contribution in [2.75, 3.05) is 0 Å². The minimum Gasteiger partial charge on any atom is -0.442 e. The topological polar surface area (TPSA) is 102 Å². The summed E-state index contributed by atoms with van der Waals surface area (Å²) in [6, 6.07) is 7.31. The summed E-state index contributed by atoms with van der Waals surface area (Å²) < 4.78 is 42.8. The third kappa shape index (κ3) is 7.19. The number of nitrogens with zero attached hydrogens (tertiary/aromatic N) is 2. The second kappa shape index (κ2) is 10.4. The number of nitrogens with two attached hydrogens (primary N) is 1. The molecule has 1 aromatic carbocycles. The van der Waals surface area contributed by atoms with Crippen molar-refractivity contribution in [3.8, 4) is 5.75 Å². The first-order valence-corrected chi connectivity index (χ1v) is 6.82. The Balaban J connectivity index is 0.00000338. The van der Waals surface area contributed by atoms with Crippen molar-refractivity contribution in [2.45, 2.75) is 12.8 Å². The SMILES string of the molecule is Cl.Cl.N=C(N)N(Oc1cccnc1)C(=O)OCc1cccc(C(F)(F)F)c1. The van der Waals surface area contributed by atoms with Gasteiger partial charge in [0.2, 0.25) is 5.96 Å². The van der Waals surface area contributed by atoms with Crippen LogP contribution >= 0.6 is 24.8 Å². The highest BCUT2D eigenvalue weighted by molar-refractivity contribution is 5.90. The van der Waals surface area contributed by atoms with Gasteiger partial charge >= 0.3 is 12.3 Å². The summed E-state index contributed by atoms with van der Waals surface area (Å²) in [7, 11) is 0. The molecule has 0 radical (unpaired) electrons. The van der Waals surface area contributed by atoms with Crippen molar-refractivity contribution >= 4 is 36.9 Å². The third-order valence-corrected chi connectivity index (χ3v) is 2.83. The van der Waals surface area contributed by atoms with Crippen molar-refractivity contribution in [3.05, 3.63) is 59.9 Å². The number of hydrogen-bond acceptors (Lipinski definition) is 5. The van der Waals surface area contributed by atoms with Crippen LogP contribution in [0.2, 0.25) is 0 Å². The summed E-state index contributed by atoms with van der Waals surface area (Å²) in [5.74, 6) is -0.647. The molecule has 1 aromatic heterocycles. The molecule has 0 atom stereocenters. The lowest BCUT2D eigenvalue weighted by Gasteiger charge is -2.19. The number of carbonyl (C=O) groups is 1. The molecule has 0 aliphatic rings. The molecule has 7 nitrogen and oxygen atoms in total. The minimum atomic E-state index is -4.51. The van der Waals surface area contributed by atoms with Gasteiger partial charge in [-0.1, -0.05) is 17.2 Å². The Bertz CT molecular complexity index is 763. The summed E-state index contributed by atoms with van der Waals surface area (Å²) in [4.78, 5) is 20.8. The van der Waals surface area contributed by atoms with Gasteiger partial charge in [0, 0.05) is 6.20 Å². The lowest BCUT2D eigenvalue weighted by atomic mass is 10.1. The third-order valence-electron chi connectivity index (χ3n) is 2.83. The first-order chi connectivity index (χ1) is 11.8. The van der Waals surface area contributed by atoms with E-state index in [2.05, 4.69) is 4.98 Å². The van der Waals surface area contributed by atoms with Gasteiger partial charge in [-0.3, -0.25) is 10.4 Å². The van der Waals surface area contributed by atoms with Crippen molar-refractivity contribution in [1.29, 1.82) is 5.41 Å². The van der Waals surface area contributed by atoms with Crippen LogP contribution in [-0.4, -0.2) is 22.1 Å². The van der Waals surface area contributed by atoms with E-state index in [9.17, 15) is 18.0 Å². The average molecular weight is 427 g/mol. The molecule has 148 valence electrons. The van der Waals surface area contributed by atoms with Crippen molar-refractivity contribution in [2.24, 2.45) is 5.73 Å². The maximum atomic E-state index is 12.7. The Kier molecular flexibility index (Phi) is 9.38. The van der Waals surface area contributed by atoms with Crippen LogP contribution in [0.15, 0.2) is 48.8 Å². The van der Waals surface area contributed by atoms with Gasteiger partial charge in [0.1, 0.15) is 6.61 Å². The van der Waals surface area contributed by atoms with Gasteiger partial charge in [0.25, 0.3) is 0 Å². The zero-order valence-electron chi connectivity index (χ0n) is 13.5. The molecule has 27 heavy (non-hydrogen) atoms. The van der Waals surface area contributed by atoms with Crippen LogP contribution in [0.25, 0.3) is 0 Å². The summed E-state index contributed by atoms with van der Waals surface area (Å²) in [5.41, 5.74) is 4.50. The van der Waals surface area contributed by atoms with Crippen molar-refractivity contribution < 1.29 is 27.5 Å². The molecule has 0 unspecified atom stereocenters. The van der Waals surface area contributed by atoms with E-state index in [1.165, 1.54) is 36.7 Å². The Morgan fingerprint density at radius 3 is 2.48 bits per heavy atom. The number of pyridine rings is 1. The molecule has 2 aromatic rings. The summed E-state index contributed by atoms with van der Waals surface area (Å²) in [5, 5.41) is 7.69. The van der Waals surface area contributed by atoms with Crippen LogP contribution in [0.5, 0.6) is 5.75 Å². The van der Waals surface area contributed by atoms with E-state index < -0.39 is 30.4 Å². The standard InChI is InChI=1S/C15H13F3N4O3.2ClH/c16-15(17,18)11-4-1-3-10(7-11)9-24-14(23)22(13(19)20)25-12-5-2-6-21-8-12;;/h1-8H,9H2,(H3,19,20);2*1H.